The molecule has 1 unspecified atom stereocenters. The fourth-order valence-electron chi connectivity index (χ4n) is 2.56. The molecule has 0 fully saturated rings. The Kier molecular flexibility index (Phi) is 7.06. The summed E-state index contributed by atoms with van der Waals surface area (Å²) in [6.07, 6.45) is 0. The third-order valence-corrected chi connectivity index (χ3v) is 6.41. The van der Waals surface area contributed by atoms with E-state index in [0.29, 0.717) is 17.0 Å². The van der Waals surface area contributed by atoms with E-state index in [4.69, 9.17) is 4.74 Å². The molecule has 1 aromatic heterocycles. The molecule has 2 aromatic carbocycles. The fourth-order valence-corrected chi connectivity index (χ4v) is 4.27. The Morgan fingerprint density at radius 3 is 2.45 bits per heavy atom. The first-order chi connectivity index (χ1) is 14.0. The number of hydrogen-bond acceptors (Lipinski definition) is 6. The van der Waals surface area contributed by atoms with Crippen LogP contribution in [0.5, 0.6) is 5.75 Å². The Hall–Kier alpha value is -2.64. The van der Waals surface area contributed by atoms with Crippen LogP contribution in [0.1, 0.15) is 29.9 Å². The van der Waals surface area contributed by atoms with Crippen LogP contribution < -0.4 is 10.1 Å². The van der Waals surface area contributed by atoms with Gasteiger partial charge in [-0.05, 0) is 62.4 Å². The van der Waals surface area contributed by atoms with Crippen molar-refractivity contribution >= 4 is 40.5 Å². The third-order valence-electron chi connectivity index (χ3n) is 4.30. The van der Waals surface area contributed by atoms with Gasteiger partial charge in [0.05, 0.1) is 18.1 Å². The maximum atomic E-state index is 12.4. The van der Waals surface area contributed by atoms with E-state index in [1.165, 1.54) is 18.7 Å². The molecular weight excluding hydrogens is 404 g/mol. The summed E-state index contributed by atoms with van der Waals surface area (Å²) in [5, 5.41) is 5.63. The number of anilines is 1. The van der Waals surface area contributed by atoms with Gasteiger partial charge in [0.25, 0.3) is 0 Å². The topological polar surface area (TPSA) is 68.3 Å². The number of carbonyl (C=O) groups is 2. The second kappa shape index (κ2) is 9.71. The highest BCUT2D eigenvalue weighted by Gasteiger charge is 2.15. The van der Waals surface area contributed by atoms with E-state index in [1.807, 2.05) is 36.6 Å². The number of nitrogens with zero attached hydrogens (tertiary/aromatic N) is 1. The van der Waals surface area contributed by atoms with Gasteiger partial charge in [0.2, 0.25) is 5.91 Å². The smallest absolute Gasteiger partial charge is 0.237 e. The first-order valence-electron chi connectivity index (χ1n) is 9.08. The van der Waals surface area contributed by atoms with Crippen molar-refractivity contribution in [2.24, 2.45) is 0 Å². The van der Waals surface area contributed by atoms with Gasteiger partial charge in [0.15, 0.2) is 5.78 Å². The Bertz CT molecular complexity index is 982. The number of methoxy groups -OCH3 is 1. The molecule has 5 nitrogen and oxygen atoms in total. The first-order valence-corrected chi connectivity index (χ1v) is 11.0. The molecular formula is C22H22N2O3S2. The van der Waals surface area contributed by atoms with Crippen LogP contribution >= 0.6 is 23.1 Å². The van der Waals surface area contributed by atoms with Gasteiger partial charge in [-0.1, -0.05) is 0 Å². The van der Waals surface area contributed by atoms with Crippen LogP contribution in [0.3, 0.4) is 0 Å². The van der Waals surface area contributed by atoms with Gasteiger partial charge >= 0.3 is 0 Å². The van der Waals surface area contributed by atoms with Gasteiger partial charge in [0, 0.05) is 27.9 Å². The standard InChI is InChI=1S/C22H22N2O3S2/c1-14(25)16-4-8-18(9-5-16)23-21(26)15(2)28-12-19-13-29-22(24-19)17-6-10-20(27-3)11-7-17/h4-11,13,15H,12H2,1-3H3,(H,23,26). The highest BCUT2D eigenvalue weighted by molar-refractivity contribution is 7.99. The molecule has 0 bridgehead atoms. The molecule has 0 saturated heterocycles. The molecule has 29 heavy (non-hydrogen) atoms. The first kappa shape index (κ1) is 21.1. The van der Waals surface area contributed by atoms with Crippen molar-refractivity contribution in [3.05, 3.63) is 65.2 Å². The maximum Gasteiger partial charge on any atom is 0.237 e. The van der Waals surface area contributed by atoms with E-state index in [0.717, 1.165) is 22.0 Å². The predicted molar refractivity (Wildman–Crippen MR) is 120 cm³/mol. The van der Waals surface area contributed by atoms with Gasteiger partial charge < -0.3 is 10.1 Å². The average molecular weight is 427 g/mol. The van der Waals surface area contributed by atoms with Gasteiger partial charge in [-0.15, -0.1) is 23.1 Å². The number of thiazole rings is 1. The summed E-state index contributed by atoms with van der Waals surface area (Å²) in [6, 6.07) is 14.7. The largest absolute Gasteiger partial charge is 0.497 e. The van der Waals surface area contributed by atoms with Crippen molar-refractivity contribution in [1.82, 2.24) is 4.98 Å². The van der Waals surface area contributed by atoms with E-state index < -0.39 is 0 Å². The zero-order valence-electron chi connectivity index (χ0n) is 16.5. The number of nitrogens with one attached hydrogen (secondary N) is 1. The minimum absolute atomic E-state index is 0.00377. The Balaban J connectivity index is 1.53. The number of thioether (sulfide) groups is 1. The van der Waals surface area contributed by atoms with Gasteiger partial charge in [-0.25, -0.2) is 4.98 Å². The SMILES string of the molecule is COc1ccc(-c2nc(CSC(C)C(=O)Nc3ccc(C(C)=O)cc3)cs2)cc1. The number of rotatable bonds is 8. The van der Waals surface area contributed by atoms with Gasteiger partial charge in [-0.3, -0.25) is 9.59 Å². The Morgan fingerprint density at radius 1 is 1.14 bits per heavy atom. The highest BCUT2D eigenvalue weighted by atomic mass is 32.2. The average Bonchev–Trinajstić information content (AvgIpc) is 3.21. The van der Waals surface area contributed by atoms with Crippen LogP contribution in [-0.4, -0.2) is 29.0 Å². The Morgan fingerprint density at radius 2 is 1.83 bits per heavy atom. The van der Waals surface area contributed by atoms with E-state index in [-0.39, 0.29) is 16.9 Å². The van der Waals surface area contributed by atoms with Crippen LogP contribution in [0.15, 0.2) is 53.9 Å². The number of aromatic nitrogens is 1. The molecule has 0 radical (unpaired) electrons. The molecule has 3 aromatic rings. The highest BCUT2D eigenvalue weighted by Crippen LogP contribution is 2.28. The zero-order chi connectivity index (χ0) is 20.8. The minimum Gasteiger partial charge on any atom is -0.497 e. The van der Waals surface area contributed by atoms with E-state index in [9.17, 15) is 9.59 Å². The molecule has 0 aliphatic carbocycles. The fraction of sp³-hybridized carbons (Fsp3) is 0.227. The molecule has 1 heterocycles. The van der Waals surface area contributed by atoms with Crippen molar-refractivity contribution in [1.29, 1.82) is 0 Å². The summed E-state index contributed by atoms with van der Waals surface area (Å²) in [5.74, 6) is 1.40. The summed E-state index contributed by atoms with van der Waals surface area (Å²) in [6.45, 7) is 3.39. The summed E-state index contributed by atoms with van der Waals surface area (Å²) in [5.41, 5.74) is 3.31. The van der Waals surface area contributed by atoms with Crippen LogP contribution in [0.2, 0.25) is 0 Å². The van der Waals surface area contributed by atoms with E-state index in [2.05, 4.69) is 10.3 Å². The number of amides is 1. The summed E-state index contributed by atoms with van der Waals surface area (Å²) >= 11 is 3.13. The molecule has 0 aliphatic rings. The minimum atomic E-state index is -0.228. The van der Waals surface area contributed by atoms with Crippen LogP contribution in [0, 0.1) is 0 Å². The number of ketones is 1. The molecule has 0 spiro atoms. The molecule has 3 rings (SSSR count). The van der Waals surface area contributed by atoms with Crippen molar-refractivity contribution in [3.63, 3.8) is 0 Å². The molecule has 7 heteroatoms. The molecule has 0 saturated carbocycles. The van der Waals surface area contributed by atoms with E-state index >= 15 is 0 Å². The molecule has 1 N–H and O–H groups in total. The number of Topliss-reactive ketones (excluding diaryl/α,β-unsaturated/α-hetero) is 1. The lowest BCUT2D eigenvalue weighted by atomic mass is 10.1. The van der Waals surface area contributed by atoms with Crippen molar-refractivity contribution in [2.75, 3.05) is 12.4 Å². The Labute approximate surface area is 178 Å². The van der Waals surface area contributed by atoms with Crippen molar-refractivity contribution in [2.45, 2.75) is 24.9 Å². The monoisotopic (exact) mass is 426 g/mol. The van der Waals surface area contributed by atoms with Crippen molar-refractivity contribution in [3.8, 4) is 16.3 Å². The molecule has 0 aliphatic heterocycles. The molecule has 1 atom stereocenters. The lowest BCUT2D eigenvalue weighted by Gasteiger charge is -2.11. The summed E-state index contributed by atoms with van der Waals surface area (Å²) < 4.78 is 5.18. The second-order valence-electron chi connectivity index (χ2n) is 6.45. The van der Waals surface area contributed by atoms with Gasteiger partial charge in [-0.2, -0.15) is 0 Å². The van der Waals surface area contributed by atoms with Crippen LogP contribution in [0.4, 0.5) is 5.69 Å². The van der Waals surface area contributed by atoms with Crippen LogP contribution in [0.25, 0.3) is 10.6 Å². The summed E-state index contributed by atoms with van der Waals surface area (Å²) in [4.78, 5) is 28.4. The lowest BCUT2D eigenvalue weighted by Crippen LogP contribution is -2.22. The number of ether oxygens (including phenoxy) is 1. The maximum absolute atomic E-state index is 12.4. The molecule has 150 valence electrons. The quantitative estimate of drug-likeness (QED) is 0.496. The number of benzene rings is 2. The normalized spacial score (nSPS) is 11.7. The number of hydrogen-bond donors (Lipinski definition) is 1. The number of carbonyl (C=O) groups excluding carboxylic acids is 2. The third kappa shape index (κ3) is 5.68. The molecule has 1 amide bonds. The zero-order valence-corrected chi connectivity index (χ0v) is 18.1. The van der Waals surface area contributed by atoms with Gasteiger partial charge in [0.1, 0.15) is 10.8 Å². The lowest BCUT2D eigenvalue weighted by molar-refractivity contribution is -0.115. The van der Waals surface area contributed by atoms with E-state index in [1.54, 1.807) is 42.7 Å². The summed E-state index contributed by atoms with van der Waals surface area (Å²) in [7, 11) is 1.65. The van der Waals surface area contributed by atoms with Crippen molar-refractivity contribution < 1.29 is 14.3 Å². The second-order valence-corrected chi connectivity index (χ2v) is 8.64. The predicted octanol–water partition coefficient (Wildman–Crippen LogP) is 5.28. The van der Waals surface area contributed by atoms with Crippen LogP contribution in [-0.2, 0) is 10.5 Å².